The summed E-state index contributed by atoms with van der Waals surface area (Å²) in [5, 5.41) is 8.18. The predicted molar refractivity (Wildman–Crippen MR) is 76.0 cm³/mol. The van der Waals surface area contributed by atoms with Gasteiger partial charge in [-0.2, -0.15) is 0 Å². The number of hydrogen-bond acceptors (Lipinski definition) is 3. The second-order valence-electron chi connectivity index (χ2n) is 5.02. The van der Waals surface area contributed by atoms with Crippen LogP contribution in [0, 0.1) is 5.92 Å². The Labute approximate surface area is 112 Å². The SMILES string of the molecule is O=C(CNCC1CC1)Nc1cccc2ccncc12. The average Bonchev–Trinajstić information content (AvgIpc) is 3.23. The van der Waals surface area contributed by atoms with Crippen LogP contribution < -0.4 is 10.6 Å². The monoisotopic (exact) mass is 255 g/mol. The highest BCUT2D eigenvalue weighted by atomic mass is 16.1. The summed E-state index contributed by atoms with van der Waals surface area (Å²) in [6.45, 7) is 1.32. The molecule has 1 aliphatic carbocycles. The molecule has 4 heteroatoms. The van der Waals surface area contributed by atoms with Crippen molar-refractivity contribution in [3.63, 3.8) is 0 Å². The van der Waals surface area contributed by atoms with E-state index in [4.69, 9.17) is 0 Å². The van der Waals surface area contributed by atoms with Crippen molar-refractivity contribution >= 4 is 22.4 Å². The van der Waals surface area contributed by atoms with Gasteiger partial charge in [0.2, 0.25) is 5.91 Å². The van der Waals surface area contributed by atoms with E-state index in [1.807, 2.05) is 24.3 Å². The smallest absolute Gasteiger partial charge is 0.238 e. The van der Waals surface area contributed by atoms with Gasteiger partial charge in [-0.1, -0.05) is 12.1 Å². The van der Waals surface area contributed by atoms with E-state index < -0.39 is 0 Å². The zero-order valence-corrected chi connectivity index (χ0v) is 10.7. The molecule has 1 aliphatic rings. The van der Waals surface area contributed by atoms with E-state index in [0.29, 0.717) is 6.54 Å². The highest BCUT2D eigenvalue weighted by molar-refractivity contribution is 6.02. The molecule has 0 bridgehead atoms. The van der Waals surface area contributed by atoms with Crippen molar-refractivity contribution in [2.45, 2.75) is 12.8 Å². The standard InChI is InChI=1S/C15H17N3O/c19-15(10-17-8-11-4-5-11)18-14-3-1-2-12-6-7-16-9-13(12)14/h1-3,6-7,9,11,17H,4-5,8,10H2,(H,18,19). The van der Waals surface area contributed by atoms with Crippen LogP contribution in [0.4, 0.5) is 5.69 Å². The number of nitrogens with zero attached hydrogens (tertiary/aromatic N) is 1. The number of amides is 1. The fraction of sp³-hybridized carbons (Fsp3) is 0.333. The second kappa shape index (κ2) is 5.36. The minimum absolute atomic E-state index is 0.00277. The van der Waals surface area contributed by atoms with Crippen LogP contribution in [-0.2, 0) is 4.79 Å². The van der Waals surface area contributed by atoms with E-state index in [1.54, 1.807) is 12.4 Å². The van der Waals surface area contributed by atoms with Crippen LogP contribution in [-0.4, -0.2) is 24.0 Å². The van der Waals surface area contributed by atoms with Gasteiger partial charge < -0.3 is 10.6 Å². The lowest BCUT2D eigenvalue weighted by atomic mass is 10.1. The Balaban J connectivity index is 1.64. The topological polar surface area (TPSA) is 54.0 Å². The Morgan fingerprint density at radius 3 is 3.05 bits per heavy atom. The van der Waals surface area contributed by atoms with E-state index in [9.17, 15) is 4.79 Å². The van der Waals surface area contributed by atoms with Crippen LogP contribution in [0.3, 0.4) is 0 Å². The summed E-state index contributed by atoms with van der Waals surface area (Å²) in [4.78, 5) is 16.0. The molecule has 0 radical (unpaired) electrons. The quantitative estimate of drug-likeness (QED) is 0.861. The third-order valence-electron chi connectivity index (χ3n) is 3.37. The molecular formula is C15H17N3O. The van der Waals surface area contributed by atoms with Crippen LogP contribution in [0.25, 0.3) is 10.8 Å². The summed E-state index contributed by atoms with van der Waals surface area (Å²) in [7, 11) is 0. The number of carbonyl (C=O) groups excluding carboxylic acids is 1. The van der Waals surface area contributed by atoms with Crippen molar-refractivity contribution < 1.29 is 4.79 Å². The fourth-order valence-electron chi connectivity index (χ4n) is 2.13. The first-order valence-corrected chi connectivity index (χ1v) is 6.66. The molecule has 0 unspecified atom stereocenters. The number of rotatable bonds is 5. The molecule has 1 fully saturated rings. The molecule has 0 aliphatic heterocycles. The number of anilines is 1. The van der Waals surface area contributed by atoms with Crippen molar-refractivity contribution in [1.29, 1.82) is 0 Å². The largest absolute Gasteiger partial charge is 0.324 e. The molecule has 1 aromatic carbocycles. The van der Waals surface area contributed by atoms with Gasteiger partial charge >= 0.3 is 0 Å². The maximum atomic E-state index is 11.9. The summed E-state index contributed by atoms with van der Waals surface area (Å²) in [6.07, 6.45) is 6.13. The highest BCUT2D eigenvalue weighted by Gasteiger charge is 2.20. The molecule has 0 spiro atoms. The first-order valence-electron chi connectivity index (χ1n) is 6.66. The number of aromatic nitrogens is 1. The maximum Gasteiger partial charge on any atom is 0.238 e. The normalized spacial score (nSPS) is 14.5. The Morgan fingerprint density at radius 2 is 2.21 bits per heavy atom. The molecule has 1 heterocycles. The number of pyridine rings is 1. The number of hydrogen-bond donors (Lipinski definition) is 2. The van der Waals surface area contributed by atoms with Crippen LogP contribution in [0.2, 0.25) is 0 Å². The molecule has 2 N–H and O–H groups in total. The molecule has 2 aromatic rings. The van der Waals surface area contributed by atoms with Gasteiger partial charge in [-0.15, -0.1) is 0 Å². The summed E-state index contributed by atoms with van der Waals surface area (Å²) in [5.74, 6) is 0.784. The van der Waals surface area contributed by atoms with E-state index in [1.165, 1.54) is 12.8 Å². The molecule has 4 nitrogen and oxygen atoms in total. The van der Waals surface area contributed by atoms with Gasteiger partial charge in [0.1, 0.15) is 0 Å². The second-order valence-corrected chi connectivity index (χ2v) is 5.02. The van der Waals surface area contributed by atoms with Gasteiger partial charge in [0.05, 0.1) is 12.2 Å². The Hall–Kier alpha value is -1.94. The van der Waals surface area contributed by atoms with Gasteiger partial charge in [0, 0.05) is 17.8 Å². The fourth-order valence-corrected chi connectivity index (χ4v) is 2.13. The lowest BCUT2D eigenvalue weighted by Gasteiger charge is -2.09. The lowest BCUT2D eigenvalue weighted by Crippen LogP contribution is -2.29. The molecule has 1 amide bonds. The van der Waals surface area contributed by atoms with Crippen molar-refractivity contribution in [1.82, 2.24) is 10.3 Å². The number of benzene rings is 1. The molecule has 98 valence electrons. The van der Waals surface area contributed by atoms with Gasteiger partial charge in [-0.25, -0.2) is 0 Å². The Morgan fingerprint density at radius 1 is 1.32 bits per heavy atom. The van der Waals surface area contributed by atoms with Crippen LogP contribution >= 0.6 is 0 Å². The minimum Gasteiger partial charge on any atom is -0.324 e. The minimum atomic E-state index is -0.00277. The number of fused-ring (bicyclic) bond motifs is 1. The third-order valence-corrected chi connectivity index (χ3v) is 3.37. The Bertz CT molecular complexity index is 587. The number of carbonyl (C=O) groups is 1. The first kappa shape index (κ1) is 12.1. The maximum absolute atomic E-state index is 11.9. The first-order chi connectivity index (χ1) is 9.33. The molecule has 1 saturated carbocycles. The highest BCUT2D eigenvalue weighted by Crippen LogP contribution is 2.27. The van der Waals surface area contributed by atoms with Gasteiger partial charge in [-0.3, -0.25) is 9.78 Å². The third kappa shape index (κ3) is 3.09. The molecule has 0 atom stereocenters. The average molecular weight is 255 g/mol. The zero-order chi connectivity index (χ0) is 13.1. The zero-order valence-electron chi connectivity index (χ0n) is 10.7. The van der Waals surface area contributed by atoms with Crippen molar-refractivity contribution in [3.05, 3.63) is 36.7 Å². The van der Waals surface area contributed by atoms with Crippen molar-refractivity contribution in [2.24, 2.45) is 5.92 Å². The predicted octanol–water partition coefficient (Wildman–Crippen LogP) is 2.17. The molecule has 3 rings (SSSR count). The van der Waals surface area contributed by atoms with E-state index in [-0.39, 0.29) is 5.91 Å². The van der Waals surface area contributed by atoms with Gasteiger partial charge in [0.25, 0.3) is 0 Å². The summed E-state index contributed by atoms with van der Waals surface area (Å²) in [5.41, 5.74) is 0.823. The van der Waals surface area contributed by atoms with Crippen LogP contribution in [0.15, 0.2) is 36.7 Å². The molecule has 0 saturated heterocycles. The van der Waals surface area contributed by atoms with E-state index in [2.05, 4.69) is 15.6 Å². The van der Waals surface area contributed by atoms with Crippen LogP contribution in [0.5, 0.6) is 0 Å². The van der Waals surface area contributed by atoms with Gasteiger partial charge in [-0.05, 0) is 42.8 Å². The van der Waals surface area contributed by atoms with Crippen molar-refractivity contribution in [3.8, 4) is 0 Å². The Kier molecular flexibility index (Phi) is 3.42. The lowest BCUT2D eigenvalue weighted by molar-refractivity contribution is -0.115. The number of nitrogens with one attached hydrogen (secondary N) is 2. The summed E-state index contributed by atoms with van der Waals surface area (Å²) < 4.78 is 0. The van der Waals surface area contributed by atoms with Crippen LogP contribution in [0.1, 0.15) is 12.8 Å². The van der Waals surface area contributed by atoms with E-state index in [0.717, 1.165) is 28.9 Å². The molecular weight excluding hydrogens is 238 g/mol. The summed E-state index contributed by atoms with van der Waals surface area (Å²) >= 11 is 0. The molecule has 1 aromatic heterocycles. The van der Waals surface area contributed by atoms with E-state index >= 15 is 0 Å². The van der Waals surface area contributed by atoms with Crippen molar-refractivity contribution in [2.75, 3.05) is 18.4 Å². The van der Waals surface area contributed by atoms with Gasteiger partial charge in [0.15, 0.2) is 0 Å². The summed E-state index contributed by atoms with van der Waals surface area (Å²) in [6, 6.07) is 7.80. The molecule has 19 heavy (non-hydrogen) atoms.